The van der Waals surface area contributed by atoms with Crippen LogP contribution in [0.5, 0.6) is 0 Å². The summed E-state index contributed by atoms with van der Waals surface area (Å²) in [5.41, 5.74) is 2.44. The number of benzene rings is 3. The van der Waals surface area contributed by atoms with Gasteiger partial charge < -0.3 is 10.3 Å². The first-order valence-corrected chi connectivity index (χ1v) is 13.5. The maximum Gasteiger partial charge on any atom is 0.251 e. The van der Waals surface area contributed by atoms with E-state index in [2.05, 4.69) is 42.2 Å². The molecule has 2 N–H and O–H groups in total. The van der Waals surface area contributed by atoms with Gasteiger partial charge in [-0.15, -0.1) is 0 Å². The fourth-order valence-electron chi connectivity index (χ4n) is 3.65. The Hall–Kier alpha value is -2.39. The van der Waals surface area contributed by atoms with E-state index in [9.17, 15) is 14.4 Å². The van der Waals surface area contributed by atoms with Crippen LogP contribution in [0.4, 0.5) is 0 Å². The Labute approximate surface area is 227 Å². The highest BCUT2D eigenvalue weighted by atomic mass is 79.9. The molecular weight excluding hydrogens is 616 g/mol. The predicted octanol–water partition coefficient (Wildman–Crippen LogP) is 6.51. The summed E-state index contributed by atoms with van der Waals surface area (Å²) in [5.74, 6) is 0.0419. The lowest BCUT2D eigenvalue weighted by molar-refractivity contribution is -0.112. The zero-order valence-electron chi connectivity index (χ0n) is 18.2. The lowest BCUT2D eigenvalue weighted by Gasteiger charge is -2.19. The SMILES string of the molecule is O=C(NC(Cc1cc(=O)[nH]c2ccccc12)C(=O)SCc1cc(Br)cc(Br)c1)c1ccc(Cl)cc1. The van der Waals surface area contributed by atoms with Crippen molar-refractivity contribution in [2.75, 3.05) is 0 Å². The summed E-state index contributed by atoms with van der Waals surface area (Å²) in [6.45, 7) is 0. The second-order valence-electron chi connectivity index (χ2n) is 7.83. The Morgan fingerprint density at radius 2 is 1.66 bits per heavy atom. The second kappa shape index (κ2) is 11.6. The molecule has 0 saturated carbocycles. The number of hydrogen-bond donors (Lipinski definition) is 2. The van der Waals surface area contributed by atoms with Crippen molar-refractivity contribution in [2.24, 2.45) is 0 Å². The van der Waals surface area contributed by atoms with Gasteiger partial charge in [-0.1, -0.05) is 73.4 Å². The van der Waals surface area contributed by atoms with Gasteiger partial charge in [0, 0.05) is 48.7 Å². The third-order valence-corrected chi connectivity index (χ3v) is 7.47. The number of thioether (sulfide) groups is 1. The fraction of sp³-hybridized carbons (Fsp3) is 0.115. The van der Waals surface area contributed by atoms with Crippen molar-refractivity contribution in [3.63, 3.8) is 0 Å². The number of rotatable bonds is 7. The Kier molecular flexibility index (Phi) is 8.49. The number of amides is 1. The van der Waals surface area contributed by atoms with Crippen molar-refractivity contribution in [3.05, 3.63) is 114 Å². The molecule has 1 unspecified atom stereocenters. The molecule has 0 bridgehead atoms. The van der Waals surface area contributed by atoms with Crippen molar-refractivity contribution in [2.45, 2.75) is 18.2 Å². The van der Waals surface area contributed by atoms with Crippen molar-refractivity contribution < 1.29 is 9.59 Å². The quantitative estimate of drug-likeness (QED) is 0.243. The number of pyridine rings is 1. The standard InChI is InChI=1S/C26H19Br2ClN2O3S/c27-18-9-15(10-19(28)13-18)14-35-26(34)23(31-25(33)16-5-7-20(29)8-6-16)11-17-12-24(32)30-22-4-2-1-3-21(17)22/h1-10,12-13,23H,11,14H2,(H,30,32)(H,31,33). The molecule has 178 valence electrons. The number of aromatic amines is 1. The minimum atomic E-state index is -0.844. The highest BCUT2D eigenvalue weighted by Gasteiger charge is 2.24. The van der Waals surface area contributed by atoms with E-state index in [0.29, 0.717) is 27.4 Å². The smallest absolute Gasteiger partial charge is 0.251 e. The lowest BCUT2D eigenvalue weighted by atomic mass is 10.0. The monoisotopic (exact) mass is 632 g/mol. The molecule has 0 aliphatic rings. The van der Waals surface area contributed by atoms with E-state index in [1.165, 1.54) is 6.07 Å². The van der Waals surface area contributed by atoms with Crippen LogP contribution in [0, 0.1) is 0 Å². The molecular formula is C26H19Br2ClN2O3S. The largest absolute Gasteiger partial charge is 0.341 e. The highest BCUT2D eigenvalue weighted by molar-refractivity contribution is 9.11. The third kappa shape index (κ3) is 6.85. The van der Waals surface area contributed by atoms with Gasteiger partial charge in [-0.25, -0.2) is 0 Å². The summed E-state index contributed by atoms with van der Waals surface area (Å²) in [6, 6.07) is 20.3. The van der Waals surface area contributed by atoms with E-state index in [-0.39, 0.29) is 23.0 Å². The molecule has 0 aliphatic heterocycles. The van der Waals surface area contributed by atoms with Crippen molar-refractivity contribution in [1.29, 1.82) is 0 Å². The molecule has 5 nitrogen and oxygen atoms in total. The van der Waals surface area contributed by atoms with E-state index in [4.69, 9.17) is 11.6 Å². The maximum absolute atomic E-state index is 13.4. The van der Waals surface area contributed by atoms with Gasteiger partial charge in [0.25, 0.3) is 5.91 Å². The molecule has 1 atom stereocenters. The molecule has 0 saturated heterocycles. The molecule has 0 spiro atoms. The number of fused-ring (bicyclic) bond motifs is 1. The first-order chi connectivity index (χ1) is 16.8. The van der Waals surface area contributed by atoms with Gasteiger partial charge in [0.05, 0.1) is 0 Å². The Bertz CT molecular complexity index is 1440. The van der Waals surface area contributed by atoms with Crippen LogP contribution >= 0.6 is 55.2 Å². The van der Waals surface area contributed by atoms with Crippen molar-refractivity contribution in [1.82, 2.24) is 10.3 Å². The number of H-pyrrole nitrogens is 1. The Morgan fingerprint density at radius 3 is 2.37 bits per heavy atom. The lowest BCUT2D eigenvalue weighted by Crippen LogP contribution is -2.41. The maximum atomic E-state index is 13.4. The molecule has 0 radical (unpaired) electrons. The van der Waals surface area contributed by atoms with Crippen LogP contribution in [-0.2, 0) is 17.0 Å². The van der Waals surface area contributed by atoms with Crippen LogP contribution in [0.2, 0.25) is 5.02 Å². The Morgan fingerprint density at radius 1 is 0.971 bits per heavy atom. The molecule has 0 fully saturated rings. The minimum Gasteiger partial charge on any atom is -0.341 e. The second-order valence-corrected chi connectivity index (χ2v) is 11.1. The predicted molar refractivity (Wildman–Crippen MR) is 149 cm³/mol. The zero-order chi connectivity index (χ0) is 24.9. The van der Waals surface area contributed by atoms with Crippen LogP contribution in [0.15, 0.2) is 86.5 Å². The van der Waals surface area contributed by atoms with Crippen molar-refractivity contribution in [3.8, 4) is 0 Å². The van der Waals surface area contributed by atoms with Gasteiger partial charge in [-0.3, -0.25) is 14.4 Å². The minimum absolute atomic E-state index is 0.178. The van der Waals surface area contributed by atoms with Gasteiger partial charge in [0.1, 0.15) is 6.04 Å². The third-order valence-electron chi connectivity index (χ3n) is 5.26. The number of hydrogen-bond acceptors (Lipinski definition) is 4. The summed E-state index contributed by atoms with van der Waals surface area (Å²) in [5, 5.41) is 4.00. The molecule has 1 aromatic heterocycles. The van der Waals surface area contributed by atoms with E-state index in [1.807, 2.05) is 42.5 Å². The number of halogens is 3. The molecule has 3 aromatic carbocycles. The molecule has 1 amide bonds. The summed E-state index contributed by atoms with van der Waals surface area (Å²) in [7, 11) is 0. The summed E-state index contributed by atoms with van der Waals surface area (Å²) in [6.07, 6.45) is 0.178. The van der Waals surface area contributed by atoms with Crippen LogP contribution in [-0.4, -0.2) is 22.0 Å². The average molecular weight is 635 g/mol. The molecule has 4 aromatic rings. The van der Waals surface area contributed by atoms with E-state index in [0.717, 1.165) is 31.7 Å². The topological polar surface area (TPSA) is 79.0 Å². The van der Waals surface area contributed by atoms with Crippen LogP contribution in [0.3, 0.4) is 0 Å². The molecule has 35 heavy (non-hydrogen) atoms. The Balaban J connectivity index is 1.61. The van der Waals surface area contributed by atoms with E-state index < -0.39 is 6.04 Å². The van der Waals surface area contributed by atoms with Gasteiger partial charge >= 0.3 is 0 Å². The number of aromatic nitrogens is 1. The zero-order valence-corrected chi connectivity index (χ0v) is 22.9. The van der Waals surface area contributed by atoms with Gasteiger partial charge in [0.2, 0.25) is 10.7 Å². The highest BCUT2D eigenvalue weighted by Crippen LogP contribution is 2.25. The summed E-state index contributed by atoms with van der Waals surface area (Å²) < 4.78 is 1.80. The van der Waals surface area contributed by atoms with Gasteiger partial charge in [-0.05, 0) is 59.7 Å². The van der Waals surface area contributed by atoms with E-state index in [1.54, 1.807) is 24.3 Å². The normalized spacial score (nSPS) is 11.9. The summed E-state index contributed by atoms with van der Waals surface area (Å²) in [4.78, 5) is 41.4. The molecule has 0 aliphatic carbocycles. The summed E-state index contributed by atoms with van der Waals surface area (Å²) >= 11 is 14.0. The molecule has 4 rings (SSSR count). The van der Waals surface area contributed by atoms with Crippen LogP contribution in [0.25, 0.3) is 10.9 Å². The average Bonchev–Trinajstić information content (AvgIpc) is 2.81. The van der Waals surface area contributed by atoms with Gasteiger partial charge in [0.15, 0.2) is 0 Å². The van der Waals surface area contributed by atoms with Crippen LogP contribution in [0.1, 0.15) is 21.5 Å². The first-order valence-electron chi connectivity index (χ1n) is 10.6. The van der Waals surface area contributed by atoms with E-state index >= 15 is 0 Å². The molecule has 9 heteroatoms. The van der Waals surface area contributed by atoms with Crippen molar-refractivity contribution >= 4 is 77.1 Å². The molecule has 1 heterocycles. The van der Waals surface area contributed by atoms with Gasteiger partial charge in [-0.2, -0.15) is 0 Å². The number of para-hydroxylation sites is 1. The number of carbonyl (C=O) groups excluding carboxylic acids is 2. The fourth-order valence-corrected chi connectivity index (χ4v) is 5.98. The van der Waals surface area contributed by atoms with Crippen LogP contribution < -0.4 is 10.9 Å². The number of nitrogens with one attached hydrogen (secondary N) is 2. The first kappa shape index (κ1) is 25.7. The number of carbonyl (C=O) groups is 2.